The second kappa shape index (κ2) is 5.86. The molecule has 1 fully saturated rings. The second-order valence-corrected chi connectivity index (χ2v) is 6.09. The molecule has 20 heavy (non-hydrogen) atoms. The maximum atomic E-state index is 11.7. The van der Waals surface area contributed by atoms with Crippen molar-refractivity contribution in [2.24, 2.45) is 5.92 Å². The van der Waals surface area contributed by atoms with Crippen LogP contribution in [0.25, 0.3) is 0 Å². The van der Waals surface area contributed by atoms with Crippen LogP contribution in [0.5, 0.6) is 5.75 Å². The summed E-state index contributed by atoms with van der Waals surface area (Å²) in [6, 6.07) is 6.39. The quantitative estimate of drug-likeness (QED) is 0.865. The Kier molecular flexibility index (Phi) is 3.95. The normalized spacial score (nSPS) is 20.6. The number of ether oxygens (including phenoxy) is 1. The van der Waals surface area contributed by atoms with Crippen LogP contribution < -0.4 is 10.1 Å². The zero-order valence-electron chi connectivity index (χ0n) is 12.2. The Bertz CT molecular complexity index is 494. The van der Waals surface area contributed by atoms with E-state index >= 15 is 0 Å². The number of hydrogen-bond donors (Lipinski definition) is 1. The van der Waals surface area contributed by atoms with Gasteiger partial charge in [-0.15, -0.1) is 0 Å². The summed E-state index contributed by atoms with van der Waals surface area (Å²) in [4.78, 5) is 11.7. The summed E-state index contributed by atoms with van der Waals surface area (Å²) in [5.74, 6) is 2.41. The van der Waals surface area contributed by atoms with E-state index in [0.717, 1.165) is 31.6 Å². The Morgan fingerprint density at radius 2 is 2.20 bits per heavy atom. The average Bonchev–Trinajstić information content (AvgIpc) is 3.18. The molecule has 0 spiro atoms. The Morgan fingerprint density at radius 3 is 2.95 bits per heavy atom. The predicted molar refractivity (Wildman–Crippen MR) is 79.0 cm³/mol. The minimum Gasteiger partial charge on any atom is -0.497 e. The fourth-order valence-electron chi connectivity index (χ4n) is 3.13. The monoisotopic (exact) mass is 273 g/mol. The van der Waals surface area contributed by atoms with Crippen molar-refractivity contribution < 1.29 is 9.53 Å². The highest BCUT2D eigenvalue weighted by atomic mass is 16.5. The number of nitrogens with one attached hydrogen (secondary N) is 1. The van der Waals surface area contributed by atoms with E-state index in [9.17, 15) is 4.79 Å². The molecule has 2 aliphatic carbocycles. The summed E-state index contributed by atoms with van der Waals surface area (Å²) in [6.45, 7) is 0.798. The van der Waals surface area contributed by atoms with Gasteiger partial charge in [0.2, 0.25) is 5.91 Å². The van der Waals surface area contributed by atoms with E-state index in [1.165, 1.54) is 30.4 Å². The van der Waals surface area contributed by atoms with Crippen molar-refractivity contribution in [3.05, 3.63) is 29.3 Å². The van der Waals surface area contributed by atoms with Gasteiger partial charge in [-0.25, -0.2) is 0 Å². The molecule has 1 N–H and O–H groups in total. The van der Waals surface area contributed by atoms with Crippen molar-refractivity contribution in [1.82, 2.24) is 5.32 Å². The van der Waals surface area contributed by atoms with Crippen LogP contribution in [-0.2, 0) is 11.2 Å². The SMILES string of the molecule is COc1ccc2c(c1)C(CCNC(=O)CC1CC1)CC2. The van der Waals surface area contributed by atoms with E-state index in [2.05, 4.69) is 17.4 Å². The molecule has 0 heterocycles. The highest BCUT2D eigenvalue weighted by Crippen LogP contribution is 2.37. The van der Waals surface area contributed by atoms with Crippen molar-refractivity contribution in [2.75, 3.05) is 13.7 Å². The molecule has 2 aliphatic rings. The molecule has 3 heteroatoms. The summed E-state index contributed by atoms with van der Waals surface area (Å²) in [6.07, 6.45) is 6.60. The maximum absolute atomic E-state index is 11.7. The minimum absolute atomic E-state index is 0.233. The lowest BCUT2D eigenvalue weighted by Crippen LogP contribution is -2.25. The lowest BCUT2D eigenvalue weighted by molar-refractivity contribution is -0.121. The number of hydrogen-bond acceptors (Lipinski definition) is 2. The molecule has 3 rings (SSSR count). The van der Waals surface area contributed by atoms with Gasteiger partial charge in [0.15, 0.2) is 0 Å². The van der Waals surface area contributed by atoms with Gasteiger partial charge in [0.1, 0.15) is 5.75 Å². The van der Waals surface area contributed by atoms with Gasteiger partial charge in [0.25, 0.3) is 0 Å². The molecule has 0 radical (unpaired) electrons. The van der Waals surface area contributed by atoms with Gasteiger partial charge >= 0.3 is 0 Å². The van der Waals surface area contributed by atoms with Crippen LogP contribution in [0.4, 0.5) is 0 Å². The highest BCUT2D eigenvalue weighted by molar-refractivity contribution is 5.76. The van der Waals surface area contributed by atoms with Crippen LogP contribution in [0.15, 0.2) is 18.2 Å². The number of aryl methyl sites for hydroxylation is 1. The van der Waals surface area contributed by atoms with Crippen LogP contribution in [0.2, 0.25) is 0 Å². The zero-order chi connectivity index (χ0) is 13.9. The average molecular weight is 273 g/mol. The Balaban J connectivity index is 1.50. The first kappa shape index (κ1) is 13.5. The smallest absolute Gasteiger partial charge is 0.220 e. The van der Waals surface area contributed by atoms with Crippen molar-refractivity contribution in [3.8, 4) is 5.75 Å². The Labute approximate surface area is 120 Å². The Hall–Kier alpha value is -1.51. The number of benzene rings is 1. The summed E-state index contributed by atoms with van der Waals surface area (Å²) in [5, 5.41) is 3.07. The molecule has 1 atom stereocenters. The third-order valence-electron chi connectivity index (χ3n) is 4.54. The Morgan fingerprint density at radius 1 is 1.35 bits per heavy atom. The minimum atomic E-state index is 0.233. The molecule has 0 bridgehead atoms. The summed E-state index contributed by atoms with van der Waals surface area (Å²) in [5.41, 5.74) is 2.86. The number of fused-ring (bicyclic) bond motifs is 1. The molecular formula is C17H23NO2. The largest absolute Gasteiger partial charge is 0.497 e. The molecule has 1 aromatic rings. The number of rotatable bonds is 6. The third kappa shape index (κ3) is 3.14. The lowest BCUT2D eigenvalue weighted by atomic mass is 9.97. The van der Waals surface area contributed by atoms with Crippen LogP contribution in [0.3, 0.4) is 0 Å². The lowest BCUT2D eigenvalue weighted by Gasteiger charge is -2.13. The van der Waals surface area contributed by atoms with Gasteiger partial charge in [-0.1, -0.05) is 6.07 Å². The number of methoxy groups -OCH3 is 1. The molecule has 108 valence electrons. The summed E-state index contributed by atoms with van der Waals surface area (Å²) < 4.78 is 5.31. The van der Waals surface area contributed by atoms with E-state index < -0.39 is 0 Å². The van der Waals surface area contributed by atoms with Gasteiger partial charge in [0.05, 0.1) is 7.11 Å². The van der Waals surface area contributed by atoms with Crippen LogP contribution in [0.1, 0.15) is 49.1 Å². The molecule has 1 saturated carbocycles. The van der Waals surface area contributed by atoms with E-state index in [0.29, 0.717) is 11.8 Å². The van der Waals surface area contributed by atoms with Gasteiger partial charge in [-0.05, 0) is 67.2 Å². The fraction of sp³-hybridized carbons (Fsp3) is 0.588. The number of carbonyl (C=O) groups is 1. The van der Waals surface area contributed by atoms with Crippen molar-refractivity contribution in [2.45, 2.75) is 44.4 Å². The van der Waals surface area contributed by atoms with Crippen LogP contribution >= 0.6 is 0 Å². The van der Waals surface area contributed by atoms with Gasteiger partial charge < -0.3 is 10.1 Å². The molecular weight excluding hydrogens is 250 g/mol. The number of carbonyl (C=O) groups excluding carboxylic acids is 1. The second-order valence-electron chi connectivity index (χ2n) is 6.09. The van der Waals surface area contributed by atoms with Crippen molar-refractivity contribution in [3.63, 3.8) is 0 Å². The first-order valence-electron chi connectivity index (χ1n) is 7.70. The van der Waals surface area contributed by atoms with Crippen LogP contribution in [0, 0.1) is 5.92 Å². The first-order chi connectivity index (χ1) is 9.76. The molecule has 0 aromatic heterocycles. The number of amides is 1. The van der Waals surface area contributed by atoms with E-state index in [1.54, 1.807) is 7.11 Å². The first-order valence-corrected chi connectivity index (χ1v) is 7.70. The predicted octanol–water partition coefficient (Wildman–Crippen LogP) is 3.03. The third-order valence-corrected chi connectivity index (χ3v) is 4.54. The van der Waals surface area contributed by atoms with Crippen molar-refractivity contribution >= 4 is 5.91 Å². The topological polar surface area (TPSA) is 38.3 Å². The van der Waals surface area contributed by atoms with Gasteiger partial charge in [-0.3, -0.25) is 4.79 Å². The van der Waals surface area contributed by atoms with Gasteiger partial charge in [-0.2, -0.15) is 0 Å². The molecule has 0 aliphatic heterocycles. The molecule has 1 amide bonds. The molecule has 1 aromatic carbocycles. The molecule has 0 saturated heterocycles. The van der Waals surface area contributed by atoms with Gasteiger partial charge in [0, 0.05) is 13.0 Å². The van der Waals surface area contributed by atoms with Crippen molar-refractivity contribution in [1.29, 1.82) is 0 Å². The summed E-state index contributed by atoms with van der Waals surface area (Å²) >= 11 is 0. The zero-order valence-corrected chi connectivity index (χ0v) is 12.2. The van der Waals surface area contributed by atoms with E-state index in [-0.39, 0.29) is 5.91 Å². The molecule has 1 unspecified atom stereocenters. The molecule has 3 nitrogen and oxygen atoms in total. The fourth-order valence-corrected chi connectivity index (χ4v) is 3.13. The van der Waals surface area contributed by atoms with Crippen LogP contribution in [-0.4, -0.2) is 19.6 Å². The standard InChI is InChI=1S/C17H23NO2/c1-20-15-7-6-13-4-5-14(16(13)11-15)8-9-18-17(19)10-12-2-3-12/h6-7,11-12,14H,2-5,8-10H2,1H3,(H,18,19). The highest BCUT2D eigenvalue weighted by Gasteiger charge is 2.25. The maximum Gasteiger partial charge on any atom is 0.220 e. The summed E-state index contributed by atoms with van der Waals surface area (Å²) in [7, 11) is 1.71. The van der Waals surface area contributed by atoms with E-state index in [4.69, 9.17) is 4.74 Å². The van der Waals surface area contributed by atoms with E-state index in [1.807, 2.05) is 6.07 Å².